The van der Waals surface area contributed by atoms with Crippen LogP contribution in [0.4, 0.5) is 0 Å². The van der Waals surface area contributed by atoms with Crippen molar-refractivity contribution in [1.29, 1.82) is 0 Å². The van der Waals surface area contributed by atoms with E-state index in [1.54, 1.807) is 12.1 Å². The average molecular weight is 186 g/mol. The van der Waals surface area contributed by atoms with Crippen LogP contribution in [0, 0.1) is 13.8 Å². The summed E-state index contributed by atoms with van der Waals surface area (Å²) in [4.78, 5) is 17.2. The third-order valence-electron chi connectivity index (χ3n) is 1.38. The summed E-state index contributed by atoms with van der Waals surface area (Å²) in [6.07, 6.45) is 0. The maximum atomic E-state index is 8.59. The summed E-state index contributed by atoms with van der Waals surface area (Å²) in [5.74, 6) is 0.503. The molecule has 0 fully saturated rings. The van der Waals surface area contributed by atoms with Crippen LogP contribution in [0.2, 0.25) is 0 Å². The van der Waals surface area contributed by atoms with Gasteiger partial charge in [0.05, 0.1) is 0 Å². The van der Waals surface area contributed by atoms with E-state index in [0.29, 0.717) is 5.75 Å². The van der Waals surface area contributed by atoms with Crippen molar-refractivity contribution in [2.75, 3.05) is 0 Å². The van der Waals surface area contributed by atoms with Gasteiger partial charge in [-0.1, -0.05) is 6.07 Å². The number of hydrogen-bond donors (Lipinski definition) is 2. The van der Waals surface area contributed by atoms with Gasteiger partial charge in [0.2, 0.25) is 0 Å². The molecule has 12 heavy (non-hydrogen) atoms. The van der Waals surface area contributed by atoms with E-state index in [-0.39, 0.29) is 0 Å². The minimum absolute atomic E-state index is 0.503. The van der Waals surface area contributed by atoms with Gasteiger partial charge in [-0.05, 0) is 37.1 Å². The highest BCUT2D eigenvalue weighted by Gasteiger charge is 2.02. The van der Waals surface area contributed by atoms with Crippen molar-refractivity contribution in [3.05, 3.63) is 29.3 Å². The van der Waals surface area contributed by atoms with Crippen molar-refractivity contribution >= 4 is 8.60 Å². The summed E-state index contributed by atoms with van der Waals surface area (Å²) in [5, 5.41) is 0. The van der Waals surface area contributed by atoms with Crippen LogP contribution >= 0.6 is 8.60 Å². The lowest BCUT2D eigenvalue weighted by molar-refractivity contribution is 0.375. The molecule has 0 bridgehead atoms. The van der Waals surface area contributed by atoms with Crippen molar-refractivity contribution in [3.63, 3.8) is 0 Å². The zero-order valence-electron chi connectivity index (χ0n) is 6.98. The minimum atomic E-state index is -2.30. The molecule has 4 heteroatoms. The van der Waals surface area contributed by atoms with Crippen molar-refractivity contribution < 1.29 is 14.3 Å². The first-order chi connectivity index (χ1) is 5.58. The quantitative estimate of drug-likeness (QED) is 0.693. The molecule has 3 nitrogen and oxygen atoms in total. The summed E-state index contributed by atoms with van der Waals surface area (Å²) < 4.78 is 4.75. The van der Waals surface area contributed by atoms with Gasteiger partial charge in [-0.3, -0.25) is 0 Å². The predicted molar refractivity (Wildman–Crippen MR) is 47.9 cm³/mol. The van der Waals surface area contributed by atoms with Crippen LogP contribution < -0.4 is 4.52 Å². The Morgan fingerprint density at radius 1 is 1.08 bits per heavy atom. The van der Waals surface area contributed by atoms with E-state index in [1.807, 2.05) is 19.9 Å². The highest BCUT2D eigenvalue weighted by atomic mass is 31.2. The normalized spacial score (nSPS) is 10.4. The minimum Gasteiger partial charge on any atom is -0.427 e. The second-order valence-electron chi connectivity index (χ2n) is 2.67. The Kier molecular flexibility index (Phi) is 3.04. The molecule has 1 aromatic rings. The molecular weight excluding hydrogens is 175 g/mol. The second-order valence-corrected chi connectivity index (χ2v) is 3.36. The van der Waals surface area contributed by atoms with E-state index in [9.17, 15) is 0 Å². The highest BCUT2D eigenvalue weighted by Crippen LogP contribution is 2.29. The van der Waals surface area contributed by atoms with E-state index >= 15 is 0 Å². The van der Waals surface area contributed by atoms with E-state index in [2.05, 4.69) is 0 Å². The molecular formula is C8H11O3P. The van der Waals surface area contributed by atoms with Gasteiger partial charge in [0.15, 0.2) is 0 Å². The van der Waals surface area contributed by atoms with Gasteiger partial charge in [0, 0.05) is 0 Å². The van der Waals surface area contributed by atoms with Crippen molar-refractivity contribution in [1.82, 2.24) is 0 Å². The van der Waals surface area contributed by atoms with Crippen LogP contribution in [0.1, 0.15) is 11.1 Å². The Hall–Kier alpha value is -0.630. The predicted octanol–water partition coefficient (Wildman–Crippen LogP) is 1.89. The first kappa shape index (κ1) is 9.46. The Labute approximate surface area is 72.6 Å². The van der Waals surface area contributed by atoms with Crippen LogP contribution in [-0.2, 0) is 0 Å². The van der Waals surface area contributed by atoms with Gasteiger partial charge in [-0.25, -0.2) is 0 Å². The Morgan fingerprint density at radius 3 is 2.00 bits per heavy atom. The topological polar surface area (TPSA) is 49.7 Å². The SMILES string of the molecule is Cc1cc(C)cc(OP(O)O)c1. The molecule has 0 radical (unpaired) electrons. The molecule has 1 rings (SSSR count). The Balaban J connectivity index is 2.85. The zero-order valence-corrected chi connectivity index (χ0v) is 7.88. The van der Waals surface area contributed by atoms with Crippen LogP contribution in [0.25, 0.3) is 0 Å². The van der Waals surface area contributed by atoms with Crippen molar-refractivity contribution in [3.8, 4) is 5.75 Å². The Bertz CT molecular complexity index is 253. The smallest absolute Gasteiger partial charge is 0.391 e. The van der Waals surface area contributed by atoms with Crippen molar-refractivity contribution in [2.45, 2.75) is 13.8 Å². The molecule has 0 spiro atoms. The monoisotopic (exact) mass is 186 g/mol. The van der Waals surface area contributed by atoms with Gasteiger partial charge in [-0.2, -0.15) is 0 Å². The van der Waals surface area contributed by atoms with E-state index in [1.165, 1.54) is 0 Å². The molecule has 0 amide bonds. The number of benzene rings is 1. The van der Waals surface area contributed by atoms with Crippen LogP contribution in [0.15, 0.2) is 18.2 Å². The molecule has 0 aliphatic rings. The van der Waals surface area contributed by atoms with Gasteiger partial charge < -0.3 is 14.3 Å². The first-order valence-electron chi connectivity index (χ1n) is 3.52. The lowest BCUT2D eigenvalue weighted by Gasteiger charge is -2.06. The molecule has 0 saturated carbocycles. The average Bonchev–Trinajstić information content (AvgIpc) is 1.81. The Morgan fingerprint density at radius 2 is 1.58 bits per heavy atom. The first-order valence-corrected chi connectivity index (χ1v) is 4.68. The summed E-state index contributed by atoms with van der Waals surface area (Å²) in [5.41, 5.74) is 2.09. The molecule has 0 aliphatic heterocycles. The zero-order chi connectivity index (χ0) is 9.14. The van der Waals surface area contributed by atoms with E-state index in [4.69, 9.17) is 14.3 Å². The number of hydrogen-bond acceptors (Lipinski definition) is 3. The molecule has 0 atom stereocenters. The van der Waals surface area contributed by atoms with Crippen molar-refractivity contribution in [2.24, 2.45) is 0 Å². The maximum absolute atomic E-state index is 8.59. The van der Waals surface area contributed by atoms with Gasteiger partial charge >= 0.3 is 8.60 Å². The fourth-order valence-electron chi connectivity index (χ4n) is 1.08. The fourth-order valence-corrected chi connectivity index (χ4v) is 1.37. The summed E-state index contributed by atoms with van der Waals surface area (Å²) >= 11 is 0. The van der Waals surface area contributed by atoms with Crippen LogP contribution in [0.5, 0.6) is 5.75 Å². The third kappa shape index (κ3) is 2.78. The lowest BCUT2D eigenvalue weighted by Crippen LogP contribution is -1.86. The van der Waals surface area contributed by atoms with Crippen LogP contribution in [0.3, 0.4) is 0 Å². The maximum Gasteiger partial charge on any atom is 0.391 e. The van der Waals surface area contributed by atoms with E-state index < -0.39 is 8.60 Å². The molecule has 66 valence electrons. The second kappa shape index (κ2) is 3.85. The largest absolute Gasteiger partial charge is 0.427 e. The molecule has 0 unspecified atom stereocenters. The molecule has 0 heterocycles. The third-order valence-corrected chi connectivity index (χ3v) is 1.76. The molecule has 2 N–H and O–H groups in total. The van der Waals surface area contributed by atoms with Gasteiger partial charge in [-0.15, -0.1) is 0 Å². The summed E-state index contributed by atoms with van der Waals surface area (Å²) in [7, 11) is -2.30. The summed E-state index contributed by atoms with van der Waals surface area (Å²) in [6, 6.07) is 5.51. The van der Waals surface area contributed by atoms with E-state index in [0.717, 1.165) is 11.1 Å². The number of rotatable bonds is 2. The van der Waals surface area contributed by atoms with Gasteiger partial charge in [0.1, 0.15) is 5.75 Å². The molecule has 0 saturated heterocycles. The summed E-state index contributed by atoms with van der Waals surface area (Å²) in [6.45, 7) is 3.85. The lowest BCUT2D eigenvalue weighted by atomic mass is 10.1. The molecule has 1 aromatic carbocycles. The number of aryl methyl sites for hydroxylation is 2. The van der Waals surface area contributed by atoms with Crippen LogP contribution in [-0.4, -0.2) is 9.79 Å². The highest BCUT2D eigenvalue weighted by molar-refractivity contribution is 7.39. The fraction of sp³-hybridized carbons (Fsp3) is 0.250. The standard InChI is InChI=1S/C8H11O3P/c1-6-3-7(2)5-8(4-6)11-12(9)10/h3-5,9-10H,1-2H3. The molecule has 0 aliphatic carbocycles. The van der Waals surface area contributed by atoms with Gasteiger partial charge in [0.25, 0.3) is 0 Å². The molecule has 0 aromatic heterocycles.